The Hall–Kier alpha value is -2.50. The molecule has 25 heavy (non-hydrogen) atoms. The molecule has 0 aliphatic rings. The number of halogens is 3. The summed E-state index contributed by atoms with van der Waals surface area (Å²) in [5.74, 6) is 0.678. The lowest BCUT2D eigenvalue weighted by Gasteiger charge is -2.13. The number of carbonyl (C=O) groups is 1. The van der Waals surface area contributed by atoms with Crippen molar-refractivity contribution in [3.63, 3.8) is 0 Å². The maximum atomic E-state index is 12.6. The first-order valence-corrected chi connectivity index (χ1v) is 7.73. The SMILES string of the molecule is COc1cc(C(=O)C(C)C)ccc1OCc1ccc(C(F)(F)F)cc1. The van der Waals surface area contributed by atoms with Crippen molar-refractivity contribution >= 4 is 5.78 Å². The Morgan fingerprint density at radius 2 is 1.68 bits per heavy atom. The minimum Gasteiger partial charge on any atom is -0.493 e. The van der Waals surface area contributed by atoms with Crippen LogP contribution in [0.15, 0.2) is 42.5 Å². The van der Waals surface area contributed by atoms with Crippen LogP contribution in [0.4, 0.5) is 13.2 Å². The quantitative estimate of drug-likeness (QED) is 0.676. The lowest BCUT2D eigenvalue weighted by molar-refractivity contribution is -0.137. The predicted octanol–water partition coefficient (Wildman–Crippen LogP) is 5.13. The van der Waals surface area contributed by atoms with Crippen LogP contribution in [0.1, 0.15) is 35.3 Å². The molecule has 0 radical (unpaired) electrons. The molecule has 0 N–H and O–H groups in total. The molecule has 0 saturated carbocycles. The molecular formula is C19H19F3O3. The molecule has 0 atom stereocenters. The molecule has 0 unspecified atom stereocenters. The number of ether oxygens (including phenoxy) is 2. The van der Waals surface area contributed by atoms with Crippen molar-refractivity contribution in [2.24, 2.45) is 5.92 Å². The maximum Gasteiger partial charge on any atom is 0.416 e. The summed E-state index contributed by atoms with van der Waals surface area (Å²) in [6, 6.07) is 9.63. The highest BCUT2D eigenvalue weighted by molar-refractivity contribution is 5.98. The summed E-state index contributed by atoms with van der Waals surface area (Å²) in [6.45, 7) is 3.71. The van der Waals surface area contributed by atoms with Gasteiger partial charge in [0.15, 0.2) is 17.3 Å². The van der Waals surface area contributed by atoms with Crippen LogP contribution < -0.4 is 9.47 Å². The Kier molecular flexibility index (Phi) is 5.72. The lowest BCUT2D eigenvalue weighted by Crippen LogP contribution is -2.08. The number of Topliss-reactive ketones (excluding diaryl/α,β-unsaturated/α-hetero) is 1. The van der Waals surface area contributed by atoms with Crippen LogP contribution in [-0.4, -0.2) is 12.9 Å². The van der Waals surface area contributed by atoms with Gasteiger partial charge in [-0.1, -0.05) is 26.0 Å². The molecule has 2 aromatic rings. The smallest absolute Gasteiger partial charge is 0.416 e. The molecule has 134 valence electrons. The molecule has 0 heterocycles. The van der Waals surface area contributed by atoms with E-state index in [9.17, 15) is 18.0 Å². The normalized spacial score (nSPS) is 11.5. The van der Waals surface area contributed by atoms with E-state index in [0.29, 0.717) is 22.6 Å². The van der Waals surface area contributed by atoms with Crippen LogP contribution in [0, 0.1) is 5.92 Å². The first-order chi connectivity index (χ1) is 11.7. The van der Waals surface area contributed by atoms with E-state index in [2.05, 4.69) is 0 Å². The minimum absolute atomic E-state index is 0.00686. The molecule has 0 aliphatic carbocycles. The fraction of sp³-hybridized carbons (Fsp3) is 0.316. The molecule has 0 aromatic heterocycles. The number of rotatable bonds is 6. The number of alkyl halides is 3. The molecule has 2 rings (SSSR count). The highest BCUT2D eigenvalue weighted by Crippen LogP contribution is 2.31. The molecular weight excluding hydrogens is 333 g/mol. The van der Waals surface area contributed by atoms with Gasteiger partial charge >= 0.3 is 6.18 Å². The van der Waals surface area contributed by atoms with Gasteiger partial charge in [0.1, 0.15) is 6.61 Å². The van der Waals surface area contributed by atoms with E-state index >= 15 is 0 Å². The molecule has 0 amide bonds. The molecule has 0 spiro atoms. The number of ketones is 1. The fourth-order valence-electron chi connectivity index (χ4n) is 2.22. The maximum absolute atomic E-state index is 12.6. The van der Waals surface area contributed by atoms with E-state index in [1.165, 1.54) is 19.2 Å². The molecule has 3 nitrogen and oxygen atoms in total. The number of benzene rings is 2. The zero-order valence-corrected chi connectivity index (χ0v) is 14.2. The van der Waals surface area contributed by atoms with E-state index in [1.807, 2.05) is 13.8 Å². The first kappa shape index (κ1) is 18.8. The molecule has 0 saturated heterocycles. The van der Waals surface area contributed by atoms with Gasteiger partial charge < -0.3 is 9.47 Å². The minimum atomic E-state index is -4.36. The average molecular weight is 352 g/mol. The Bertz CT molecular complexity index is 735. The van der Waals surface area contributed by atoms with Gasteiger partial charge in [-0.25, -0.2) is 0 Å². The van der Waals surface area contributed by atoms with Crippen LogP contribution in [0.25, 0.3) is 0 Å². The van der Waals surface area contributed by atoms with Crippen LogP contribution in [0.3, 0.4) is 0 Å². The standard InChI is InChI=1S/C19H19F3O3/c1-12(2)18(23)14-6-9-16(17(10-14)24-3)25-11-13-4-7-15(8-5-13)19(20,21)22/h4-10,12H,11H2,1-3H3. The summed E-state index contributed by atoms with van der Waals surface area (Å²) in [6.07, 6.45) is -4.36. The summed E-state index contributed by atoms with van der Waals surface area (Å²) >= 11 is 0. The van der Waals surface area contributed by atoms with Crippen molar-refractivity contribution in [2.45, 2.75) is 26.6 Å². The summed E-state index contributed by atoms with van der Waals surface area (Å²) in [7, 11) is 1.46. The topological polar surface area (TPSA) is 35.5 Å². The van der Waals surface area contributed by atoms with Gasteiger partial charge in [-0.15, -0.1) is 0 Å². The van der Waals surface area contributed by atoms with E-state index in [-0.39, 0.29) is 18.3 Å². The van der Waals surface area contributed by atoms with Crippen molar-refractivity contribution in [1.82, 2.24) is 0 Å². The summed E-state index contributed by atoms with van der Waals surface area (Å²) < 4.78 is 48.5. The molecule has 0 bridgehead atoms. The Labute approximate surface area is 144 Å². The Morgan fingerprint density at radius 3 is 2.20 bits per heavy atom. The summed E-state index contributed by atoms with van der Waals surface area (Å²) in [4.78, 5) is 12.0. The fourth-order valence-corrected chi connectivity index (χ4v) is 2.22. The Balaban J connectivity index is 2.11. The number of methoxy groups -OCH3 is 1. The Morgan fingerprint density at radius 1 is 1.04 bits per heavy atom. The molecule has 0 aliphatic heterocycles. The monoisotopic (exact) mass is 352 g/mol. The zero-order valence-electron chi connectivity index (χ0n) is 14.2. The van der Waals surface area contributed by atoms with Gasteiger partial charge in [0, 0.05) is 11.5 Å². The van der Waals surface area contributed by atoms with Crippen molar-refractivity contribution in [1.29, 1.82) is 0 Å². The van der Waals surface area contributed by atoms with Gasteiger partial charge in [0.25, 0.3) is 0 Å². The number of hydrogen-bond acceptors (Lipinski definition) is 3. The first-order valence-electron chi connectivity index (χ1n) is 7.73. The summed E-state index contributed by atoms with van der Waals surface area (Å²) in [5.41, 5.74) is 0.413. The highest BCUT2D eigenvalue weighted by atomic mass is 19.4. The highest BCUT2D eigenvalue weighted by Gasteiger charge is 2.29. The molecule has 2 aromatic carbocycles. The lowest BCUT2D eigenvalue weighted by atomic mass is 10.0. The zero-order chi connectivity index (χ0) is 18.6. The third-order valence-corrected chi connectivity index (χ3v) is 3.65. The van der Waals surface area contributed by atoms with Crippen LogP contribution in [-0.2, 0) is 12.8 Å². The second-order valence-corrected chi connectivity index (χ2v) is 5.87. The van der Waals surface area contributed by atoms with Gasteiger partial charge in [0.05, 0.1) is 12.7 Å². The van der Waals surface area contributed by atoms with Crippen molar-refractivity contribution in [2.75, 3.05) is 7.11 Å². The third kappa shape index (κ3) is 4.75. The number of carbonyl (C=O) groups excluding carboxylic acids is 1. The van der Waals surface area contributed by atoms with Gasteiger partial charge in [-0.3, -0.25) is 4.79 Å². The van der Waals surface area contributed by atoms with E-state index in [0.717, 1.165) is 12.1 Å². The van der Waals surface area contributed by atoms with E-state index in [1.54, 1.807) is 18.2 Å². The molecule has 0 fully saturated rings. The largest absolute Gasteiger partial charge is 0.493 e. The van der Waals surface area contributed by atoms with Gasteiger partial charge in [-0.2, -0.15) is 13.2 Å². The van der Waals surface area contributed by atoms with Crippen molar-refractivity contribution in [3.8, 4) is 11.5 Å². The van der Waals surface area contributed by atoms with Crippen molar-refractivity contribution in [3.05, 3.63) is 59.2 Å². The van der Waals surface area contributed by atoms with Gasteiger partial charge in [0.2, 0.25) is 0 Å². The van der Waals surface area contributed by atoms with Crippen LogP contribution >= 0.6 is 0 Å². The van der Waals surface area contributed by atoms with E-state index < -0.39 is 11.7 Å². The second kappa shape index (κ2) is 7.59. The number of hydrogen-bond donors (Lipinski definition) is 0. The van der Waals surface area contributed by atoms with Crippen molar-refractivity contribution < 1.29 is 27.4 Å². The average Bonchev–Trinajstić information content (AvgIpc) is 2.58. The second-order valence-electron chi connectivity index (χ2n) is 5.87. The predicted molar refractivity (Wildman–Crippen MR) is 87.9 cm³/mol. The third-order valence-electron chi connectivity index (χ3n) is 3.65. The van der Waals surface area contributed by atoms with Gasteiger partial charge in [-0.05, 0) is 35.9 Å². The van der Waals surface area contributed by atoms with Crippen LogP contribution in [0.5, 0.6) is 11.5 Å². The van der Waals surface area contributed by atoms with E-state index in [4.69, 9.17) is 9.47 Å². The van der Waals surface area contributed by atoms with Crippen LogP contribution in [0.2, 0.25) is 0 Å². The molecule has 6 heteroatoms. The summed E-state index contributed by atoms with van der Waals surface area (Å²) in [5, 5.41) is 0.